The fourth-order valence-corrected chi connectivity index (χ4v) is 1.10. The van der Waals surface area contributed by atoms with Crippen molar-refractivity contribution in [3.63, 3.8) is 0 Å². The van der Waals surface area contributed by atoms with Crippen LogP contribution in [-0.2, 0) is 14.3 Å². The Morgan fingerprint density at radius 3 is 2.55 bits per heavy atom. The molecule has 1 heterocycles. The number of ether oxygens (including phenoxy) is 2. The molecule has 0 aliphatic carbocycles. The SMILES string of the molecule is C=C(C)C1(CC=O)OCCO1. The molecule has 0 radical (unpaired) electrons. The molecule has 1 fully saturated rings. The van der Waals surface area contributed by atoms with Gasteiger partial charge >= 0.3 is 0 Å². The normalized spacial score (nSPS) is 21.5. The third-order valence-corrected chi connectivity index (χ3v) is 1.76. The first kappa shape index (κ1) is 8.43. The minimum atomic E-state index is -0.818. The quantitative estimate of drug-likeness (QED) is 0.449. The summed E-state index contributed by atoms with van der Waals surface area (Å²) in [5, 5.41) is 0. The molecule has 0 atom stereocenters. The number of aldehydes is 1. The van der Waals surface area contributed by atoms with Crippen LogP contribution >= 0.6 is 0 Å². The van der Waals surface area contributed by atoms with E-state index < -0.39 is 5.79 Å². The molecule has 11 heavy (non-hydrogen) atoms. The molecule has 0 amide bonds. The van der Waals surface area contributed by atoms with Crippen LogP contribution in [0.15, 0.2) is 12.2 Å². The minimum absolute atomic E-state index is 0.238. The Bertz CT molecular complexity index is 168. The third kappa shape index (κ3) is 1.49. The van der Waals surface area contributed by atoms with E-state index in [1.807, 2.05) is 0 Å². The first-order valence-electron chi connectivity index (χ1n) is 3.59. The Labute approximate surface area is 66.0 Å². The van der Waals surface area contributed by atoms with Crippen LogP contribution in [0.4, 0.5) is 0 Å². The number of carbonyl (C=O) groups is 1. The monoisotopic (exact) mass is 156 g/mol. The minimum Gasteiger partial charge on any atom is -0.343 e. The number of hydrogen-bond acceptors (Lipinski definition) is 3. The fraction of sp³-hybridized carbons (Fsp3) is 0.625. The summed E-state index contributed by atoms with van der Waals surface area (Å²) < 4.78 is 10.6. The predicted octanol–water partition coefficient (Wildman–Crippen LogP) is 0.895. The number of hydrogen-bond donors (Lipinski definition) is 0. The highest BCUT2D eigenvalue weighted by molar-refractivity contribution is 5.52. The molecule has 3 nitrogen and oxygen atoms in total. The summed E-state index contributed by atoms with van der Waals surface area (Å²) in [5.41, 5.74) is 0.752. The van der Waals surface area contributed by atoms with Gasteiger partial charge in [0.25, 0.3) is 0 Å². The molecule has 1 saturated heterocycles. The lowest BCUT2D eigenvalue weighted by Crippen LogP contribution is -2.31. The lowest BCUT2D eigenvalue weighted by molar-refractivity contribution is -0.141. The molecule has 3 heteroatoms. The van der Waals surface area contributed by atoms with Crippen LogP contribution < -0.4 is 0 Å². The molecule has 0 unspecified atom stereocenters. The number of carbonyl (C=O) groups excluding carboxylic acids is 1. The van der Waals surface area contributed by atoms with Gasteiger partial charge in [-0.05, 0) is 12.5 Å². The zero-order valence-corrected chi connectivity index (χ0v) is 6.63. The molecular formula is C8H12O3. The highest BCUT2D eigenvalue weighted by Crippen LogP contribution is 2.28. The maximum Gasteiger partial charge on any atom is 0.197 e. The average molecular weight is 156 g/mol. The van der Waals surface area contributed by atoms with Gasteiger partial charge in [-0.3, -0.25) is 0 Å². The van der Waals surface area contributed by atoms with Gasteiger partial charge in [0.05, 0.1) is 19.6 Å². The summed E-state index contributed by atoms with van der Waals surface area (Å²) >= 11 is 0. The third-order valence-electron chi connectivity index (χ3n) is 1.76. The molecule has 0 N–H and O–H groups in total. The second kappa shape index (κ2) is 3.15. The largest absolute Gasteiger partial charge is 0.343 e. The van der Waals surface area contributed by atoms with Gasteiger partial charge < -0.3 is 14.3 Å². The van der Waals surface area contributed by atoms with Crippen LogP contribution in [0.1, 0.15) is 13.3 Å². The van der Waals surface area contributed by atoms with Crippen molar-refractivity contribution < 1.29 is 14.3 Å². The van der Waals surface area contributed by atoms with Crippen molar-refractivity contribution in [1.82, 2.24) is 0 Å². The van der Waals surface area contributed by atoms with Crippen LogP contribution in [0.25, 0.3) is 0 Å². The molecule has 0 aromatic carbocycles. The standard InChI is InChI=1S/C8H12O3/c1-7(2)8(3-4-9)10-5-6-11-8/h4H,1,3,5-6H2,2H3. The van der Waals surface area contributed by atoms with Crippen molar-refractivity contribution in [1.29, 1.82) is 0 Å². The lowest BCUT2D eigenvalue weighted by atomic mass is 10.1. The molecular weight excluding hydrogens is 144 g/mol. The molecule has 0 aromatic heterocycles. The summed E-state index contributed by atoms with van der Waals surface area (Å²) in [4.78, 5) is 10.3. The summed E-state index contributed by atoms with van der Waals surface area (Å²) in [6.45, 7) is 6.60. The van der Waals surface area contributed by atoms with E-state index in [4.69, 9.17) is 9.47 Å². The highest BCUT2D eigenvalue weighted by atomic mass is 16.7. The Kier molecular flexibility index (Phi) is 2.42. The van der Waals surface area contributed by atoms with Crippen LogP contribution in [0.5, 0.6) is 0 Å². The topological polar surface area (TPSA) is 35.5 Å². The number of rotatable bonds is 3. The van der Waals surface area contributed by atoms with E-state index in [0.29, 0.717) is 13.2 Å². The van der Waals surface area contributed by atoms with Crippen molar-refractivity contribution in [2.75, 3.05) is 13.2 Å². The van der Waals surface area contributed by atoms with E-state index in [2.05, 4.69) is 6.58 Å². The van der Waals surface area contributed by atoms with E-state index in [1.54, 1.807) is 6.92 Å². The van der Waals surface area contributed by atoms with Gasteiger partial charge in [-0.1, -0.05) is 6.58 Å². The zero-order valence-electron chi connectivity index (χ0n) is 6.63. The molecule has 62 valence electrons. The van der Waals surface area contributed by atoms with Gasteiger partial charge in [0.15, 0.2) is 5.79 Å². The molecule has 1 aliphatic rings. The average Bonchev–Trinajstić information content (AvgIpc) is 2.38. The highest BCUT2D eigenvalue weighted by Gasteiger charge is 2.36. The maximum absolute atomic E-state index is 10.3. The Hall–Kier alpha value is -0.670. The van der Waals surface area contributed by atoms with Gasteiger partial charge in [-0.2, -0.15) is 0 Å². The van der Waals surface area contributed by atoms with E-state index in [0.717, 1.165) is 11.9 Å². The van der Waals surface area contributed by atoms with Gasteiger partial charge in [0.1, 0.15) is 6.29 Å². The summed E-state index contributed by atoms with van der Waals surface area (Å²) in [5.74, 6) is -0.818. The van der Waals surface area contributed by atoms with Crippen molar-refractivity contribution in [2.24, 2.45) is 0 Å². The maximum atomic E-state index is 10.3. The smallest absolute Gasteiger partial charge is 0.197 e. The predicted molar refractivity (Wildman–Crippen MR) is 40.1 cm³/mol. The summed E-state index contributed by atoms with van der Waals surface area (Å²) in [6.07, 6.45) is 1.03. The molecule has 0 spiro atoms. The molecule has 0 aromatic rings. The van der Waals surface area contributed by atoms with E-state index in [9.17, 15) is 4.79 Å². The second-order valence-electron chi connectivity index (χ2n) is 2.60. The van der Waals surface area contributed by atoms with E-state index in [1.165, 1.54) is 0 Å². The Morgan fingerprint density at radius 2 is 2.18 bits per heavy atom. The first-order chi connectivity index (χ1) is 5.21. The van der Waals surface area contributed by atoms with Crippen molar-refractivity contribution >= 4 is 6.29 Å². The summed E-state index contributed by atoms with van der Waals surface area (Å²) in [6, 6.07) is 0. The van der Waals surface area contributed by atoms with Gasteiger partial charge in [0, 0.05) is 0 Å². The first-order valence-corrected chi connectivity index (χ1v) is 3.59. The lowest BCUT2D eigenvalue weighted by Gasteiger charge is -2.25. The second-order valence-corrected chi connectivity index (χ2v) is 2.60. The summed E-state index contributed by atoms with van der Waals surface area (Å²) in [7, 11) is 0. The van der Waals surface area contributed by atoms with Crippen LogP contribution in [0.3, 0.4) is 0 Å². The van der Waals surface area contributed by atoms with E-state index >= 15 is 0 Å². The van der Waals surface area contributed by atoms with Gasteiger partial charge in [-0.15, -0.1) is 0 Å². The Balaban J connectivity index is 2.69. The molecule has 1 aliphatic heterocycles. The molecule has 1 rings (SSSR count). The van der Waals surface area contributed by atoms with Crippen LogP contribution in [0.2, 0.25) is 0 Å². The Morgan fingerprint density at radius 1 is 1.64 bits per heavy atom. The van der Waals surface area contributed by atoms with Crippen molar-refractivity contribution in [2.45, 2.75) is 19.1 Å². The van der Waals surface area contributed by atoms with E-state index in [-0.39, 0.29) is 6.42 Å². The van der Waals surface area contributed by atoms with Crippen LogP contribution in [0, 0.1) is 0 Å². The molecule has 0 bridgehead atoms. The van der Waals surface area contributed by atoms with Gasteiger partial charge in [0.2, 0.25) is 0 Å². The zero-order chi connectivity index (χ0) is 8.32. The van der Waals surface area contributed by atoms with Gasteiger partial charge in [-0.25, -0.2) is 0 Å². The van der Waals surface area contributed by atoms with Crippen molar-refractivity contribution in [3.8, 4) is 0 Å². The molecule has 0 saturated carbocycles. The van der Waals surface area contributed by atoms with Crippen LogP contribution in [-0.4, -0.2) is 25.3 Å². The van der Waals surface area contributed by atoms with Crippen molar-refractivity contribution in [3.05, 3.63) is 12.2 Å². The fourth-order valence-electron chi connectivity index (χ4n) is 1.10.